The van der Waals surface area contributed by atoms with Gasteiger partial charge in [-0.25, -0.2) is 9.48 Å². The molecule has 0 bridgehead atoms. The maximum absolute atomic E-state index is 11.6. The van der Waals surface area contributed by atoms with E-state index in [0.29, 0.717) is 13.0 Å². The Kier molecular flexibility index (Phi) is 6.05. The number of amides is 1. The topological polar surface area (TPSA) is 56.2 Å². The van der Waals surface area contributed by atoms with Crippen molar-refractivity contribution in [2.45, 2.75) is 13.0 Å². The lowest BCUT2D eigenvalue weighted by atomic mass is 10.2. The summed E-state index contributed by atoms with van der Waals surface area (Å²) in [4.78, 5) is 11.6. The van der Waals surface area contributed by atoms with Crippen LogP contribution in [0.5, 0.6) is 0 Å². The van der Waals surface area contributed by atoms with Gasteiger partial charge in [0.2, 0.25) is 0 Å². The van der Waals surface area contributed by atoms with Gasteiger partial charge in [0.25, 0.3) is 0 Å². The minimum absolute atomic E-state index is 0.261. The van der Waals surface area contributed by atoms with Crippen molar-refractivity contribution in [3.63, 3.8) is 0 Å². The van der Waals surface area contributed by atoms with Gasteiger partial charge >= 0.3 is 6.09 Å². The molecule has 0 saturated carbocycles. The Bertz CT molecular complexity index is 893. The third-order valence-corrected chi connectivity index (χ3v) is 3.57. The van der Waals surface area contributed by atoms with Crippen molar-refractivity contribution in [3.05, 3.63) is 84.2 Å². The standard InChI is InChI=1S/C21H19N3O2/c25-21(26-17-18-9-3-1-4-10-18)22-14-8-7-11-19-15-23-24(16-19)20-12-5-2-6-13-20/h1-6,9-10,12-13,15-16H,8,14,17H2,(H,22,25). The molecule has 0 radical (unpaired) electrons. The van der Waals surface area contributed by atoms with Gasteiger partial charge in [-0.15, -0.1) is 0 Å². The molecule has 130 valence electrons. The molecule has 3 aromatic rings. The molecular formula is C21H19N3O2. The van der Waals surface area contributed by atoms with Gasteiger partial charge in [0.15, 0.2) is 0 Å². The van der Waals surface area contributed by atoms with E-state index < -0.39 is 6.09 Å². The number of hydrogen-bond acceptors (Lipinski definition) is 3. The quantitative estimate of drug-likeness (QED) is 0.568. The van der Waals surface area contributed by atoms with Gasteiger partial charge in [0, 0.05) is 19.2 Å². The number of nitrogens with zero attached hydrogens (tertiary/aromatic N) is 2. The maximum atomic E-state index is 11.6. The van der Waals surface area contributed by atoms with Crippen LogP contribution in [0.4, 0.5) is 4.79 Å². The van der Waals surface area contributed by atoms with Crippen LogP contribution in [0.1, 0.15) is 17.5 Å². The molecule has 0 saturated heterocycles. The molecule has 5 nitrogen and oxygen atoms in total. The summed E-state index contributed by atoms with van der Waals surface area (Å²) in [5, 5.41) is 6.98. The van der Waals surface area contributed by atoms with Gasteiger partial charge in [0.1, 0.15) is 6.61 Å². The molecule has 0 aliphatic carbocycles. The summed E-state index contributed by atoms with van der Waals surface area (Å²) < 4.78 is 6.91. The third kappa shape index (κ3) is 5.25. The lowest BCUT2D eigenvalue weighted by Gasteiger charge is -2.05. The zero-order chi connectivity index (χ0) is 18.0. The predicted molar refractivity (Wildman–Crippen MR) is 99.7 cm³/mol. The summed E-state index contributed by atoms with van der Waals surface area (Å²) in [6.45, 7) is 0.699. The van der Waals surface area contributed by atoms with Gasteiger partial charge in [-0.3, -0.25) is 0 Å². The largest absolute Gasteiger partial charge is 0.445 e. The minimum atomic E-state index is -0.437. The zero-order valence-electron chi connectivity index (χ0n) is 14.3. The molecule has 1 heterocycles. The molecule has 26 heavy (non-hydrogen) atoms. The fourth-order valence-corrected chi connectivity index (χ4v) is 2.28. The van der Waals surface area contributed by atoms with Gasteiger partial charge in [-0.2, -0.15) is 5.10 Å². The molecule has 2 aromatic carbocycles. The van der Waals surface area contributed by atoms with Crippen LogP contribution in [0.2, 0.25) is 0 Å². The van der Waals surface area contributed by atoms with E-state index in [0.717, 1.165) is 16.8 Å². The number of hydrogen-bond donors (Lipinski definition) is 1. The number of carbonyl (C=O) groups is 1. The van der Waals surface area contributed by atoms with Crippen LogP contribution in [0.3, 0.4) is 0 Å². The number of ether oxygens (including phenoxy) is 1. The van der Waals surface area contributed by atoms with E-state index in [1.165, 1.54) is 0 Å². The summed E-state index contributed by atoms with van der Waals surface area (Å²) in [6, 6.07) is 19.4. The fourth-order valence-electron chi connectivity index (χ4n) is 2.28. The van der Waals surface area contributed by atoms with Crippen LogP contribution in [-0.2, 0) is 11.3 Å². The molecule has 0 spiro atoms. The highest BCUT2D eigenvalue weighted by molar-refractivity contribution is 5.67. The molecule has 1 amide bonds. The van der Waals surface area contributed by atoms with Gasteiger partial charge in [0.05, 0.1) is 17.4 Å². The summed E-state index contributed by atoms with van der Waals surface area (Å²) in [6.07, 6.45) is 3.70. The number of aromatic nitrogens is 2. The Morgan fingerprint density at radius 1 is 1.08 bits per heavy atom. The first kappa shape index (κ1) is 17.3. The summed E-state index contributed by atoms with van der Waals surface area (Å²) >= 11 is 0. The average molecular weight is 345 g/mol. The van der Waals surface area contributed by atoms with E-state index in [2.05, 4.69) is 22.3 Å². The summed E-state index contributed by atoms with van der Waals surface area (Å²) in [7, 11) is 0. The number of carbonyl (C=O) groups excluding carboxylic acids is 1. The molecule has 1 aromatic heterocycles. The second-order valence-corrected chi connectivity index (χ2v) is 5.55. The molecule has 3 rings (SSSR count). The molecule has 1 N–H and O–H groups in total. The van der Waals surface area contributed by atoms with Crippen molar-refractivity contribution in [1.29, 1.82) is 0 Å². The van der Waals surface area contributed by atoms with Crippen molar-refractivity contribution < 1.29 is 9.53 Å². The molecule has 0 aliphatic rings. The average Bonchev–Trinajstić information content (AvgIpc) is 3.16. The van der Waals surface area contributed by atoms with E-state index in [1.807, 2.05) is 66.9 Å². The van der Waals surface area contributed by atoms with Crippen LogP contribution in [0.15, 0.2) is 73.1 Å². The number of nitrogens with one attached hydrogen (secondary N) is 1. The minimum Gasteiger partial charge on any atom is -0.445 e. The van der Waals surface area contributed by atoms with Crippen molar-refractivity contribution in [2.75, 3.05) is 6.54 Å². The first-order valence-corrected chi connectivity index (χ1v) is 8.35. The van der Waals surface area contributed by atoms with Gasteiger partial charge < -0.3 is 10.1 Å². The first-order valence-electron chi connectivity index (χ1n) is 8.35. The lowest BCUT2D eigenvalue weighted by molar-refractivity contribution is 0.140. The SMILES string of the molecule is O=C(NCCC#Cc1cnn(-c2ccccc2)c1)OCc1ccccc1. The molecule has 0 fully saturated rings. The maximum Gasteiger partial charge on any atom is 0.407 e. The Labute approximate surface area is 152 Å². The fraction of sp³-hybridized carbons (Fsp3) is 0.143. The summed E-state index contributed by atoms with van der Waals surface area (Å²) in [5.41, 5.74) is 2.78. The van der Waals surface area contributed by atoms with E-state index >= 15 is 0 Å². The van der Waals surface area contributed by atoms with Gasteiger partial charge in [-0.1, -0.05) is 60.4 Å². The second-order valence-electron chi connectivity index (χ2n) is 5.55. The number of benzene rings is 2. The van der Waals surface area contributed by atoms with E-state index in [4.69, 9.17) is 4.74 Å². The highest BCUT2D eigenvalue weighted by Crippen LogP contribution is 2.06. The van der Waals surface area contributed by atoms with Crippen molar-refractivity contribution in [3.8, 4) is 17.5 Å². The second kappa shape index (κ2) is 9.09. The monoisotopic (exact) mass is 345 g/mol. The van der Waals surface area contributed by atoms with Crippen LogP contribution in [0.25, 0.3) is 5.69 Å². The summed E-state index contributed by atoms with van der Waals surface area (Å²) in [5.74, 6) is 6.06. The smallest absolute Gasteiger partial charge is 0.407 e. The van der Waals surface area contributed by atoms with Gasteiger partial charge in [-0.05, 0) is 17.7 Å². The molecule has 0 atom stereocenters. The van der Waals surface area contributed by atoms with Crippen molar-refractivity contribution in [2.24, 2.45) is 0 Å². The van der Waals surface area contributed by atoms with Crippen LogP contribution < -0.4 is 5.32 Å². The molecule has 0 unspecified atom stereocenters. The Morgan fingerprint density at radius 3 is 2.58 bits per heavy atom. The Balaban J connectivity index is 1.39. The molecular weight excluding hydrogens is 326 g/mol. The Morgan fingerprint density at radius 2 is 1.81 bits per heavy atom. The predicted octanol–water partition coefficient (Wildman–Crippen LogP) is 3.54. The van der Waals surface area contributed by atoms with Crippen LogP contribution in [-0.4, -0.2) is 22.4 Å². The number of alkyl carbamates (subject to hydrolysis) is 1. The number of para-hydroxylation sites is 1. The first-order chi connectivity index (χ1) is 12.8. The number of rotatable bonds is 5. The van der Waals surface area contributed by atoms with Crippen molar-refractivity contribution in [1.82, 2.24) is 15.1 Å². The van der Waals surface area contributed by atoms with E-state index in [1.54, 1.807) is 10.9 Å². The third-order valence-electron chi connectivity index (χ3n) is 3.57. The molecule has 0 aliphatic heterocycles. The highest BCUT2D eigenvalue weighted by atomic mass is 16.5. The molecule has 5 heteroatoms. The van der Waals surface area contributed by atoms with E-state index in [-0.39, 0.29) is 6.61 Å². The van der Waals surface area contributed by atoms with Crippen LogP contribution in [0, 0.1) is 11.8 Å². The normalized spacial score (nSPS) is 9.85. The van der Waals surface area contributed by atoms with E-state index in [9.17, 15) is 4.79 Å². The van der Waals surface area contributed by atoms with Crippen molar-refractivity contribution >= 4 is 6.09 Å². The zero-order valence-corrected chi connectivity index (χ0v) is 14.3. The Hall–Kier alpha value is -3.52. The highest BCUT2D eigenvalue weighted by Gasteiger charge is 2.01. The lowest BCUT2D eigenvalue weighted by Crippen LogP contribution is -2.24. The van der Waals surface area contributed by atoms with Crippen LogP contribution >= 0.6 is 0 Å².